The van der Waals surface area contributed by atoms with E-state index in [9.17, 15) is 15.0 Å². The van der Waals surface area contributed by atoms with E-state index in [2.05, 4.69) is 4.98 Å². The molecule has 0 fully saturated rings. The van der Waals surface area contributed by atoms with E-state index in [0.717, 1.165) is 33.0 Å². The van der Waals surface area contributed by atoms with E-state index in [-0.39, 0.29) is 26.6 Å². The number of fused-ring (bicyclic) bond motifs is 3. The molecular weight excluding hydrogens is 422 g/mol. The Hall–Kier alpha value is -3.94. The van der Waals surface area contributed by atoms with Crippen molar-refractivity contribution >= 4 is 16.7 Å². The summed E-state index contributed by atoms with van der Waals surface area (Å²) in [6.07, 6.45) is 3.40. The molecule has 0 radical (unpaired) electrons. The Balaban J connectivity index is 1.77. The fourth-order valence-electron chi connectivity index (χ4n) is 4.75. The molecule has 7 heteroatoms. The number of aromatic nitrogens is 1. The zero-order valence-electron chi connectivity index (χ0n) is 17.5. The van der Waals surface area contributed by atoms with Gasteiger partial charge < -0.3 is 24.4 Å². The van der Waals surface area contributed by atoms with Gasteiger partial charge in [-0.2, -0.15) is 0 Å². The van der Waals surface area contributed by atoms with Crippen LogP contribution >= 0.6 is 0 Å². The second-order valence-corrected chi connectivity index (χ2v) is 7.97. The smallest absolute Gasteiger partial charge is 0.339 e. The van der Waals surface area contributed by atoms with Crippen molar-refractivity contribution in [1.82, 2.24) is 4.98 Å². The van der Waals surface area contributed by atoms with Crippen LogP contribution in [0.25, 0.3) is 33.0 Å². The average molecular weight is 441 g/mol. The van der Waals surface area contributed by atoms with Crippen LogP contribution in [0.2, 0.25) is 0 Å². The van der Waals surface area contributed by atoms with E-state index in [0.29, 0.717) is 33.8 Å². The second kappa shape index (κ2) is 7.58. The Bertz CT molecular complexity index is 1430. The molecule has 0 unspecified atom stereocenters. The molecule has 164 valence electrons. The highest BCUT2D eigenvalue weighted by atomic mass is 16.7. The summed E-state index contributed by atoms with van der Waals surface area (Å²) in [5.41, 5.74) is 5.74. The van der Waals surface area contributed by atoms with E-state index in [1.807, 2.05) is 42.5 Å². The zero-order chi connectivity index (χ0) is 22.5. The van der Waals surface area contributed by atoms with Crippen LogP contribution in [0.4, 0.5) is 0 Å². The number of hydrogen-bond acceptors (Lipinski definition) is 7. The number of aliphatic hydroxyl groups is 2. The molecule has 0 atom stereocenters. The van der Waals surface area contributed by atoms with E-state index < -0.39 is 5.97 Å². The molecule has 2 aliphatic rings. The molecule has 0 saturated heterocycles. The molecule has 2 aliphatic heterocycles. The first kappa shape index (κ1) is 19.7. The highest BCUT2D eigenvalue weighted by Crippen LogP contribution is 2.47. The van der Waals surface area contributed by atoms with Crippen molar-refractivity contribution in [2.75, 3.05) is 6.79 Å². The fraction of sp³-hybridized carbons (Fsp3) is 0.154. The van der Waals surface area contributed by atoms with Crippen molar-refractivity contribution in [1.29, 1.82) is 0 Å². The highest BCUT2D eigenvalue weighted by Gasteiger charge is 2.32. The molecule has 0 spiro atoms. The van der Waals surface area contributed by atoms with Gasteiger partial charge in [-0.05, 0) is 75.0 Å². The summed E-state index contributed by atoms with van der Waals surface area (Å²) < 4.78 is 16.5. The number of nitrogens with zero attached hydrogens (tertiary/aromatic N) is 1. The van der Waals surface area contributed by atoms with Crippen molar-refractivity contribution < 1.29 is 29.2 Å². The Morgan fingerprint density at radius 1 is 0.758 bits per heavy atom. The van der Waals surface area contributed by atoms with Gasteiger partial charge >= 0.3 is 5.97 Å². The zero-order valence-corrected chi connectivity index (χ0v) is 17.5. The highest BCUT2D eigenvalue weighted by molar-refractivity contribution is 6.16. The average Bonchev–Trinajstić information content (AvgIpc) is 3.48. The van der Waals surface area contributed by atoms with Crippen molar-refractivity contribution in [2.24, 2.45) is 0 Å². The lowest BCUT2D eigenvalue weighted by atomic mass is 9.83. The molecule has 3 heterocycles. The number of aliphatic hydroxyl groups excluding tert-OH is 2. The quantitative estimate of drug-likeness (QED) is 0.463. The summed E-state index contributed by atoms with van der Waals surface area (Å²) in [6.45, 7) is -0.156. The molecule has 0 saturated carbocycles. The van der Waals surface area contributed by atoms with Crippen LogP contribution in [0.5, 0.6) is 11.5 Å². The summed E-state index contributed by atoms with van der Waals surface area (Å²) in [7, 11) is 0. The van der Waals surface area contributed by atoms with Gasteiger partial charge in [-0.3, -0.25) is 4.98 Å². The third kappa shape index (κ3) is 2.97. The summed E-state index contributed by atoms with van der Waals surface area (Å²) in [6, 6.07) is 13.1. The van der Waals surface area contributed by atoms with E-state index in [1.165, 1.54) is 0 Å². The van der Waals surface area contributed by atoms with Gasteiger partial charge in [0, 0.05) is 23.5 Å². The molecular formula is C26H19NO6. The Morgan fingerprint density at radius 3 is 2.18 bits per heavy atom. The topological polar surface area (TPSA) is 98.1 Å². The maximum absolute atomic E-state index is 13.0. The predicted octanol–water partition coefficient (Wildman–Crippen LogP) is 3.95. The van der Waals surface area contributed by atoms with Gasteiger partial charge in [0.05, 0.1) is 18.8 Å². The number of cyclic esters (lactones) is 1. The number of hydrogen-bond donors (Lipinski definition) is 2. The van der Waals surface area contributed by atoms with Crippen molar-refractivity contribution in [3.05, 3.63) is 77.1 Å². The maximum atomic E-state index is 13.0. The molecule has 3 aromatic carbocycles. The van der Waals surface area contributed by atoms with Gasteiger partial charge in [0.2, 0.25) is 6.79 Å². The number of ether oxygens (including phenoxy) is 3. The summed E-state index contributed by atoms with van der Waals surface area (Å²) in [5, 5.41) is 21.6. The van der Waals surface area contributed by atoms with Crippen molar-refractivity contribution in [3.8, 4) is 33.8 Å². The lowest BCUT2D eigenvalue weighted by Crippen LogP contribution is -2.03. The minimum Gasteiger partial charge on any atom is -0.457 e. The first-order valence-electron chi connectivity index (χ1n) is 10.5. The van der Waals surface area contributed by atoms with Gasteiger partial charge in [0.15, 0.2) is 11.5 Å². The normalized spacial score (nSPS) is 13.9. The van der Waals surface area contributed by atoms with Gasteiger partial charge in [-0.1, -0.05) is 6.07 Å². The van der Waals surface area contributed by atoms with Crippen LogP contribution in [0.3, 0.4) is 0 Å². The number of esters is 1. The molecule has 4 aromatic rings. The van der Waals surface area contributed by atoms with Gasteiger partial charge in [0.25, 0.3) is 0 Å². The number of carbonyl (C=O) groups excluding carboxylic acids is 1. The van der Waals surface area contributed by atoms with Crippen LogP contribution < -0.4 is 9.47 Å². The van der Waals surface area contributed by atoms with Crippen molar-refractivity contribution in [3.63, 3.8) is 0 Å². The monoisotopic (exact) mass is 441 g/mol. The van der Waals surface area contributed by atoms with Crippen LogP contribution in [0, 0.1) is 0 Å². The predicted molar refractivity (Wildman–Crippen MR) is 120 cm³/mol. The summed E-state index contributed by atoms with van der Waals surface area (Å²) in [5.74, 6) is 0.856. The minimum absolute atomic E-state index is 0.148. The first-order valence-corrected chi connectivity index (χ1v) is 10.5. The van der Waals surface area contributed by atoms with Crippen LogP contribution in [-0.2, 0) is 24.6 Å². The van der Waals surface area contributed by atoms with E-state index >= 15 is 0 Å². The van der Waals surface area contributed by atoms with E-state index in [1.54, 1.807) is 12.4 Å². The first-order chi connectivity index (χ1) is 16.2. The minimum atomic E-state index is -0.397. The summed E-state index contributed by atoms with van der Waals surface area (Å²) >= 11 is 0. The Labute approximate surface area is 188 Å². The maximum Gasteiger partial charge on any atom is 0.339 e. The SMILES string of the molecule is O=C1OCc2c1c(-c1ccc3c(c1)OCO3)c1cc(CO)c(CO)cc1c2-c1ccncc1. The molecule has 2 N–H and O–H groups in total. The number of rotatable bonds is 4. The van der Waals surface area contributed by atoms with Gasteiger partial charge in [0.1, 0.15) is 6.61 Å². The molecule has 0 amide bonds. The number of carbonyl (C=O) groups is 1. The molecule has 33 heavy (non-hydrogen) atoms. The third-order valence-electron chi connectivity index (χ3n) is 6.25. The van der Waals surface area contributed by atoms with Crippen LogP contribution in [0.1, 0.15) is 27.0 Å². The lowest BCUT2D eigenvalue weighted by molar-refractivity contribution is 0.0536. The third-order valence-corrected chi connectivity index (χ3v) is 6.25. The Kier molecular flexibility index (Phi) is 4.53. The lowest BCUT2D eigenvalue weighted by Gasteiger charge is -2.19. The number of benzene rings is 3. The molecule has 7 nitrogen and oxygen atoms in total. The Morgan fingerprint density at radius 2 is 1.45 bits per heavy atom. The largest absolute Gasteiger partial charge is 0.457 e. The molecule has 0 bridgehead atoms. The van der Waals surface area contributed by atoms with E-state index in [4.69, 9.17) is 14.2 Å². The van der Waals surface area contributed by atoms with Crippen molar-refractivity contribution in [2.45, 2.75) is 19.8 Å². The molecule has 1 aromatic heterocycles. The molecule has 6 rings (SSSR count). The van der Waals surface area contributed by atoms with Gasteiger partial charge in [-0.15, -0.1) is 0 Å². The number of pyridine rings is 1. The standard InChI is InChI=1S/C26H19NO6/c28-10-16-7-18-19(8-17(16)11-29)24(15-1-2-21-22(9-15)33-13-32-21)25-20(12-31-26(25)30)23(18)14-3-5-27-6-4-14/h1-9,28-29H,10-13H2. The second-order valence-electron chi connectivity index (χ2n) is 7.97. The summed E-state index contributed by atoms with van der Waals surface area (Å²) in [4.78, 5) is 17.1. The molecule has 0 aliphatic carbocycles. The van der Waals surface area contributed by atoms with Crippen LogP contribution in [0.15, 0.2) is 54.9 Å². The van der Waals surface area contributed by atoms with Gasteiger partial charge in [-0.25, -0.2) is 4.79 Å². The fourth-order valence-corrected chi connectivity index (χ4v) is 4.75. The van der Waals surface area contributed by atoms with Crippen LogP contribution in [-0.4, -0.2) is 28.0 Å².